The first-order chi connectivity index (χ1) is 8.83. The quantitative estimate of drug-likeness (QED) is 0.870. The monoisotopic (exact) mass is 259 g/mol. The van der Waals surface area contributed by atoms with E-state index in [9.17, 15) is 4.79 Å². The summed E-state index contributed by atoms with van der Waals surface area (Å²) < 4.78 is 0. The van der Waals surface area contributed by atoms with Gasteiger partial charge in [0.05, 0.1) is 12.2 Å². The van der Waals surface area contributed by atoms with Crippen LogP contribution >= 0.6 is 11.3 Å². The highest BCUT2D eigenvalue weighted by Crippen LogP contribution is 2.26. The second-order valence-corrected chi connectivity index (χ2v) is 4.86. The van der Waals surface area contributed by atoms with Gasteiger partial charge in [0.25, 0.3) is 0 Å². The summed E-state index contributed by atoms with van der Waals surface area (Å²) in [4.78, 5) is 11.3. The topological polar surface area (TPSA) is 44.4 Å². The van der Waals surface area contributed by atoms with Gasteiger partial charge in [-0.05, 0) is 40.1 Å². The van der Waals surface area contributed by atoms with Crippen molar-refractivity contribution < 1.29 is 4.79 Å². The fourth-order valence-electron chi connectivity index (χ4n) is 1.97. The fraction of sp³-hybridized carbons (Fsp3) is 0.154. The van der Waals surface area contributed by atoms with Crippen LogP contribution in [0, 0.1) is 0 Å². The predicted octanol–water partition coefficient (Wildman–Crippen LogP) is 2.45. The Morgan fingerprint density at radius 1 is 1.22 bits per heavy atom. The van der Waals surface area contributed by atoms with E-state index >= 15 is 0 Å². The van der Waals surface area contributed by atoms with Crippen molar-refractivity contribution >= 4 is 23.1 Å². The van der Waals surface area contributed by atoms with Gasteiger partial charge in [0.15, 0.2) is 0 Å². The lowest BCUT2D eigenvalue weighted by atomic mass is 10.1. The molecule has 0 unspecified atom stereocenters. The number of hydrogen-bond acceptors (Lipinski definition) is 3. The Morgan fingerprint density at radius 2 is 2.17 bits per heavy atom. The number of urea groups is 1. The molecule has 4 nitrogen and oxygen atoms in total. The van der Waals surface area contributed by atoms with Gasteiger partial charge in [-0.15, -0.1) is 0 Å². The van der Waals surface area contributed by atoms with E-state index in [2.05, 4.69) is 39.7 Å². The van der Waals surface area contributed by atoms with E-state index < -0.39 is 0 Å². The van der Waals surface area contributed by atoms with Crippen LogP contribution in [0.1, 0.15) is 0 Å². The van der Waals surface area contributed by atoms with Gasteiger partial charge in [-0.2, -0.15) is 11.3 Å². The van der Waals surface area contributed by atoms with Gasteiger partial charge in [-0.1, -0.05) is 12.1 Å². The number of rotatable bonds is 2. The molecule has 18 heavy (non-hydrogen) atoms. The van der Waals surface area contributed by atoms with E-state index in [1.807, 2.05) is 17.1 Å². The zero-order valence-corrected chi connectivity index (χ0v) is 10.5. The van der Waals surface area contributed by atoms with E-state index in [0.717, 1.165) is 12.2 Å². The first-order valence-corrected chi connectivity index (χ1v) is 6.72. The van der Waals surface area contributed by atoms with Crippen molar-refractivity contribution in [2.45, 2.75) is 0 Å². The smallest absolute Gasteiger partial charge is 0.333 e. The molecular weight excluding hydrogens is 246 g/mol. The molecule has 5 heteroatoms. The standard InChI is InChI=1S/C13H13N3OS/c17-13-14-5-6-16(15-13)12-3-1-2-10(8-12)11-4-7-18-9-11/h1-4,7-9H,5-6H2,(H2,14,15,17). The molecule has 0 bridgehead atoms. The summed E-state index contributed by atoms with van der Waals surface area (Å²) in [6.07, 6.45) is 0. The molecular formula is C13H13N3OS. The van der Waals surface area contributed by atoms with Gasteiger partial charge in [-0.25, -0.2) is 10.2 Å². The predicted molar refractivity (Wildman–Crippen MR) is 73.6 cm³/mol. The summed E-state index contributed by atoms with van der Waals surface area (Å²) in [7, 11) is 0. The van der Waals surface area contributed by atoms with E-state index in [1.54, 1.807) is 11.3 Å². The number of thiophene rings is 1. The lowest BCUT2D eigenvalue weighted by Crippen LogP contribution is -2.56. The van der Waals surface area contributed by atoms with Gasteiger partial charge in [0, 0.05) is 6.54 Å². The van der Waals surface area contributed by atoms with Crippen LogP contribution in [0.15, 0.2) is 41.1 Å². The maximum atomic E-state index is 11.3. The maximum absolute atomic E-state index is 11.3. The highest BCUT2D eigenvalue weighted by atomic mass is 32.1. The Kier molecular flexibility index (Phi) is 2.90. The third-order valence-electron chi connectivity index (χ3n) is 2.87. The van der Waals surface area contributed by atoms with Crippen LogP contribution in [0.25, 0.3) is 11.1 Å². The van der Waals surface area contributed by atoms with Crippen LogP contribution in [0.3, 0.4) is 0 Å². The molecule has 92 valence electrons. The number of amides is 2. The second kappa shape index (κ2) is 4.70. The second-order valence-electron chi connectivity index (χ2n) is 4.08. The number of nitrogens with zero attached hydrogens (tertiary/aromatic N) is 1. The van der Waals surface area contributed by atoms with Gasteiger partial charge >= 0.3 is 6.03 Å². The molecule has 2 aromatic rings. The van der Waals surface area contributed by atoms with Crippen molar-refractivity contribution in [2.24, 2.45) is 0 Å². The average molecular weight is 259 g/mol. The molecule has 0 radical (unpaired) electrons. The lowest BCUT2D eigenvalue weighted by Gasteiger charge is -2.29. The minimum atomic E-state index is -0.151. The van der Waals surface area contributed by atoms with Crippen LogP contribution < -0.4 is 15.8 Å². The van der Waals surface area contributed by atoms with Gasteiger partial charge in [0.1, 0.15) is 0 Å². The first-order valence-electron chi connectivity index (χ1n) is 5.77. The Morgan fingerprint density at radius 3 is 2.94 bits per heavy atom. The Labute approximate surface area is 109 Å². The maximum Gasteiger partial charge on any atom is 0.333 e. The molecule has 1 aromatic carbocycles. The molecule has 1 saturated heterocycles. The van der Waals surface area contributed by atoms with Crippen molar-refractivity contribution in [2.75, 3.05) is 18.1 Å². The van der Waals surface area contributed by atoms with E-state index in [-0.39, 0.29) is 6.03 Å². The molecule has 2 amide bonds. The van der Waals surface area contributed by atoms with Crippen molar-refractivity contribution in [3.63, 3.8) is 0 Å². The highest BCUT2D eigenvalue weighted by Gasteiger charge is 2.15. The van der Waals surface area contributed by atoms with Crippen molar-refractivity contribution in [1.82, 2.24) is 10.7 Å². The number of hydrazine groups is 1. The fourth-order valence-corrected chi connectivity index (χ4v) is 2.64. The molecule has 1 fully saturated rings. The number of carbonyl (C=O) groups excluding carboxylic acids is 1. The van der Waals surface area contributed by atoms with Crippen LogP contribution in [0.5, 0.6) is 0 Å². The van der Waals surface area contributed by atoms with Crippen LogP contribution in [0.2, 0.25) is 0 Å². The van der Waals surface area contributed by atoms with E-state index in [1.165, 1.54) is 11.1 Å². The number of benzene rings is 1. The Hall–Kier alpha value is -2.01. The summed E-state index contributed by atoms with van der Waals surface area (Å²) in [5, 5.41) is 8.79. The van der Waals surface area contributed by atoms with Crippen molar-refractivity contribution in [3.05, 3.63) is 41.1 Å². The van der Waals surface area contributed by atoms with Crippen LogP contribution in [-0.2, 0) is 0 Å². The third-order valence-corrected chi connectivity index (χ3v) is 3.55. The van der Waals surface area contributed by atoms with Crippen molar-refractivity contribution in [3.8, 4) is 11.1 Å². The third kappa shape index (κ3) is 2.17. The Bertz CT molecular complexity index is 553. The number of carbonyl (C=O) groups is 1. The summed E-state index contributed by atoms with van der Waals surface area (Å²) >= 11 is 1.68. The molecule has 2 N–H and O–H groups in total. The lowest BCUT2D eigenvalue weighted by molar-refractivity contribution is 0.236. The zero-order chi connectivity index (χ0) is 12.4. The highest BCUT2D eigenvalue weighted by molar-refractivity contribution is 7.08. The summed E-state index contributed by atoms with van der Waals surface area (Å²) in [6.45, 7) is 1.42. The number of anilines is 1. The molecule has 1 aliphatic heterocycles. The van der Waals surface area contributed by atoms with Crippen LogP contribution in [0.4, 0.5) is 10.5 Å². The molecule has 0 atom stereocenters. The number of nitrogens with one attached hydrogen (secondary N) is 2. The van der Waals surface area contributed by atoms with E-state index in [0.29, 0.717) is 6.54 Å². The first kappa shape index (κ1) is 11.1. The summed E-state index contributed by atoms with van der Waals surface area (Å²) in [6, 6.07) is 10.1. The van der Waals surface area contributed by atoms with Gasteiger partial charge in [-0.3, -0.25) is 5.01 Å². The van der Waals surface area contributed by atoms with Crippen LogP contribution in [-0.4, -0.2) is 19.1 Å². The molecule has 0 aliphatic carbocycles. The molecule has 3 rings (SSSR count). The van der Waals surface area contributed by atoms with Crippen molar-refractivity contribution in [1.29, 1.82) is 0 Å². The summed E-state index contributed by atoms with van der Waals surface area (Å²) in [5.74, 6) is 0. The SMILES string of the molecule is O=C1NCCN(c2cccc(-c3ccsc3)c2)N1. The molecule has 0 saturated carbocycles. The molecule has 2 heterocycles. The minimum absolute atomic E-state index is 0.151. The molecule has 1 aliphatic rings. The summed E-state index contributed by atoms with van der Waals surface area (Å²) in [5.41, 5.74) is 6.18. The zero-order valence-electron chi connectivity index (χ0n) is 9.72. The minimum Gasteiger partial charge on any atom is -0.335 e. The average Bonchev–Trinajstić information content (AvgIpc) is 2.93. The van der Waals surface area contributed by atoms with E-state index in [4.69, 9.17) is 0 Å². The largest absolute Gasteiger partial charge is 0.335 e. The van der Waals surface area contributed by atoms with Gasteiger partial charge in [0.2, 0.25) is 0 Å². The Balaban J connectivity index is 1.89. The normalized spacial score (nSPS) is 15.1. The number of hydrogen-bond donors (Lipinski definition) is 2. The van der Waals surface area contributed by atoms with Gasteiger partial charge < -0.3 is 5.32 Å². The molecule has 1 aromatic heterocycles. The molecule has 0 spiro atoms.